The lowest BCUT2D eigenvalue weighted by atomic mass is 9.98. The largest absolute Gasteiger partial charge is 0.464 e. The highest BCUT2D eigenvalue weighted by atomic mass is 16.5. The molecule has 3 atom stereocenters. The molecule has 224 valence electrons. The number of hydrogen-bond acceptors (Lipinski definition) is 6. The lowest BCUT2D eigenvalue weighted by molar-refractivity contribution is -0.152. The van der Waals surface area contributed by atoms with E-state index in [0.29, 0.717) is 0 Å². The smallest absolute Gasteiger partial charge is 0.308 e. The van der Waals surface area contributed by atoms with E-state index in [2.05, 4.69) is 13.8 Å². The van der Waals surface area contributed by atoms with Crippen LogP contribution in [0.1, 0.15) is 137 Å². The van der Waals surface area contributed by atoms with Gasteiger partial charge in [-0.25, -0.2) is 0 Å². The molecule has 0 aliphatic carbocycles. The molecular formula is C31H60N2O5. The summed E-state index contributed by atoms with van der Waals surface area (Å²) in [7, 11) is 0. The van der Waals surface area contributed by atoms with Gasteiger partial charge in [0.1, 0.15) is 13.2 Å². The third-order valence-electron chi connectivity index (χ3n) is 7.38. The van der Waals surface area contributed by atoms with Gasteiger partial charge in [0.25, 0.3) is 0 Å². The molecule has 0 saturated heterocycles. The molecular weight excluding hydrogens is 480 g/mol. The summed E-state index contributed by atoms with van der Waals surface area (Å²) in [5.41, 5.74) is 5.83. The molecule has 7 heteroatoms. The van der Waals surface area contributed by atoms with Crippen LogP contribution in [-0.2, 0) is 23.9 Å². The quantitative estimate of drug-likeness (QED) is 0.101. The molecule has 3 unspecified atom stereocenters. The van der Waals surface area contributed by atoms with Crippen LogP contribution in [0.2, 0.25) is 0 Å². The first-order valence-electron chi connectivity index (χ1n) is 15.7. The van der Waals surface area contributed by atoms with Crippen LogP contribution in [0.3, 0.4) is 0 Å². The Morgan fingerprint density at radius 3 is 1.34 bits per heavy atom. The van der Waals surface area contributed by atoms with E-state index in [-0.39, 0.29) is 56.0 Å². The summed E-state index contributed by atoms with van der Waals surface area (Å²) in [6, 6.07) is -0.673. The summed E-state index contributed by atoms with van der Waals surface area (Å²) in [5, 5.41) is 0. The van der Waals surface area contributed by atoms with Crippen molar-refractivity contribution < 1.29 is 23.9 Å². The Morgan fingerprint density at radius 2 is 1.00 bits per heavy atom. The van der Waals surface area contributed by atoms with E-state index in [4.69, 9.17) is 15.2 Å². The number of carbonyl (C=O) groups excluding carboxylic acids is 3. The van der Waals surface area contributed by atoms with E-state index in [1.165, 1.54) is 56.3 Å². The normalized spacial score (nSPS) is 13.5. The molecule has 0 fully saturated rings. The first-order chi connectivity index (χ1) is 18.3. The Kier molecular flexibility index (Phi) is 23.4. The van der Waals surface area contributed by atoms with Crippen LogP contribution >= 0.6 is 0 Å². The van der Waals surface area contributed by atoms with Crippen molar-refractivity contribution in [3.05, 3.63) is 0 Å². The lowest BCUT2D eigenvalue weighted by Crippen LogP contribution is -2.45. The van der Waals surface area contributed by atoms with E-state index in [1.807, 2.05) is 13.8 Å². The van der Waals surface area contributed by atoms with Gasteiger partial charge >= 0.3 is 11.9 Å². The first-order valence-corrected chi connectivity index (χ1v) is 15.7. The number of unbranched alkanes of at least 4 members (excludes halogenated alkanes) is 10. The molecule has 0 heterocycles. The number of rotatable bonds is 25. The van der Waals surface area contributed by atoms with Crippen molar-refractivity contribution in [1.29, 1.82) is 0 Å². The molecule has 1 amide bonds. The Labute approximate surface area is 233 Å². The molecule has 0 rings (SSSR count). The fourth-order valence-electron chi connectivity index (χ4n) is 4.69. The molecule has 0 spiro atoms. The maximum absolute atomic E-state index is 12.6. The predicted octanol–water partition coefficient (Wildman–Crippen LogP) is 6.80. The number of amides is 1. The minimum absolute atomic E-state index is 0.0997. The number of nitrogens with two attached hydrogens (primary N) is 1. The van der Waals surface area contributed by atoms with Crippen LogP contribution in [0.4, 0.5) is 0 Å². The summed E-state index contributed by atoms with van der Waals surface area (Å²) >= 11 is 0. The van der Waals surface area contributed by atoms with E-state index in [9.17, 15) is 14.4 Å². The van der Waals surface area contributed by atoms with Gasteiger partial charge in [0.05, 0.1) is 31.0 Å². The van der Waals surface area contributed by atoms with Gasteiger partial charge in [0.15, 0.2) is 0 Å². The summed E-state index contributed by atoms with van der Waals surface area (Å²) in [5.74, 6) is -0.827. The minimum Gasteiger partial charge on any atom is -0.464 e. The number of hydrogen-bond donors (Lipinski definition) is 1. The van der Waals surface area contributed by atoms with Gasteiger partial charge in [-0.05, 0) is 32.6 Å². The zero-order chi connectivity index (χ0) is 28.6. The second-order valence-corrected chi connectivity index (χ2v) is 10.8. The highest BCUT2D eigenvalue weighted by Gasteiger charge is 2.22. The van der Waals surface area contributed by atoms with Gasteiger partial charge in [-0.3, -0.25) is 14.4 Å². The lowest BCUT2D eigenvalue weighted by Gasteiger charge is -2.25. The van der Waals surface area contributed by atoms with E-state index < -0.39 is 6.04 Å². The predicted molar refractivity (Wildman–Crippen MR) is 156 cm³/mol. The molecule has 0 saturated carbocycles. The first kappa shape index (κ1) is 36.4. The molecule has 2 N–H and O–H groups in total. The number of carbonyl (C=O) groups is 3. The van der Waals surface area contributed by atoms with Gasteiger partial charge in [0, 0.05) is 0 Å². The average Bonchev–Trinajstić information content (AvgIpc) is 2.90. The Hall–Kier alpha value is -1.63. The fourth-order valence-corrected chi connectivity index (χ4v) is 4.69. The van der Waals surface area contributed by atoms with Gasteiger partial charge in [-0.15, -0.1) is 0 Å². The second kappa shape index (κ2) is 24.4. The van der Waals surface area contributed by atoms with Crippen molar-refractivity contribution in [3.8, 4) is 0 Å². The Balaban J connectivity index is 4.50. The molecule has 0 aromatic heterocycles. The number of ether oxygens (including phenoxy) is 2. The zero-order valence-electron chi connectivity index (χ0n) is 25.4. The van der Waals surface area contributed by atoms with Gasteiger partial charge in [0.2, 0.25) is 5.91 Å². The third kappa shape index (κ3) is 17.8. The molecule has 0 bridgehead atoms. The minimum atomic E-state index is -0.673. The highest BCUT2D eigenvalue weighted by molar-refractivity contribution is 5.81. The summed E-state index contributed by atoms with van der Waals surface area (Å²) in [4.78, 5) is 39.3. The number of esters is 2. The molecule has 0 radical (unpaired) electrons. The SMILES string of the molecule is CCCCCCCCC(CC)C(=O)OCCN(CCOC(=O)C(CC)CCCCCCCC)C(=O)C(C)N. The highest BCUT2D eigenvalue weighted by Crippen LogP contribution is 2.18. The molecule has 0 aliphatic rings. The van der Waals surface area contributed by atoms with Crippen LogP contribution in [0.25, 0.3) is 0 Å². The van der Waals surface area contributed by atoms with E-state index in [0.717, 1.165) is 51.4 Å². The molecule has 0 aromatic carbocycles. The van der Waals surface area contributed by atoms with Crippen molar-refractivity contribution >= 4 is 17.8 Å². The summed E-state index contributed by atoms with van der Waals surface area (Å²) in [6.45, 7) is 10.8. The molecule has 7 nitrogen and oxygen atoms in total. The van der Waals surface area contributed by atoms with Crippen molar-refractivity contribution in [2.45, 2.75) is 143 Å². The maximum atomic E-state index is 12.6. The molecule has 38 heavy (non-hydrogen) atoms. The standard InChI is InChI=1S/C31H60N2O5/c1-6-10-12-14-16-18-20-27(8-3)30(35)37-24-22-33(29(34)26(5)32)23-25-38-31(36)28(9-4)21-19-17-15-13-11-7-2/h26-28H,6-25,32H2,1-5H3. The van der Waals surface area contributed by atoms with Crippen LogP contribution in [-0.4, -0.2) is 55.1 Å². The van der Waals surface area contributed by atoms with Crippen LogP contribution in [0, 0.1) is 11.8 Å². The summed E-state index contributed by atoms with van der Waals surface area (Å²) in [6.07, 6.45) is 17.5. The van der Waals surface area contributed by atoms with Crippen molar-refractivity contribution in [2.75, 3.05) is 26.3 Å². The monoisotopic (exact) mass is 540 g/mol. The number of nitrogens with zero attached hydrogens (tertiary/aromatic N) is 1. The second-order valence-electron chi connectivity index (χ2n) is 10.8. The van der Waals surface area contributed by atoms with Crippen LogP contribution in [0.5, 0.6) is 0 Å². The van der Waals surface area contributed by atoms with Crippen LogP contribution in [0.15, 0.2) is 0 Å². The van der Waals surface area contributed by atoms with E-state index in [1.54, 1.807) is 6.92 Å². The third-order valence-corrected chi connectivity index (χ3v) is 7.38. The van der Waals surface area contributed by atoms with Gasteiger partial charge in [-0.2, -0.15) is 0 Å². The van der Waals surface area contributed by atoms with Crippen molar-refractivity contribution in [2.24, 2.45) is 17.6 Å². The molecule has 0 aromatic rings. The molecule has 0 aliphatic heterocycles. The van der Waals surface area contributed by atoms with Gasteiger partial charge < -0.3 is 20.1 Å². The van der Waals surface area contributed by atoms with Crippen LogP contribution < -0.4 is 5.73 Å². The Morgan fingerprint density at radius 1 is 0.632 bits per heavy atom. The van der Waals surface area contributed by atoms with Crippen molar-refractivity contribution in [1.82, 2.24) is 4.90 Å². The van der Waals surface area contributed by atoms with Gasteiger partial charge in [-0.1, -0.05) is 105 Å². The zero-order valence-corrected chi connectivity index (χ0v) is 25.4. The van der Waals surface area contributed by atoms with Crippen molar-refractivity contribution in [3.63, 3.8) is 0 Å². The average molecular weight is 541 g/mol. The maximum Gasteiger partial charge on any atom is 0.308 e. The summed E-state index contributed by atoms with van der Waals surface area (Å²) < 4.78 is 11.1. The topological polar surface area (TPSA) is 98.9 Å². The Bertz CT molecular complexity index is 569. The fraction of sp³-hybridized carbons (Fsp3) is 0.903. The van der Waals surface area contributed by atoms with E-state index >= 15 is 0 Å².